The molecule has 122 valence electrons. The van der Waals surface area contributed by atoms with Gasteiger partial charge in [0.05, 0.1) is 11.2 Å². The average molecular weight is 364 g/mol. The molecular formula is C15H11ClFN5OS. The number of amides is 1. The lowest BCUT2D eigenvalue weighted by molar-refractivity contribution is 0.102. The molecule has 3 rings (SSSR count). The third kappa shape index (κ3) is 3.84. The quantitative estimate of drug-likeness (QED) is 0.771. The second-order valence-corrected chi connectivity index (χ2v) is 6.20. The Bertz CT molecular complexity index is 903. The molecule has 0 saturated carbocycles. The molecule has 2 heterocycles. The summed E-state index contributed by atoms with van der Waals surface area (Å²) in [6.45, 7) is 0. The molecule has 0 spiro atoms. The molecule has 0 unspecified atom stereocenters. The summed E-state index contributed by atoms with van der Waals surface area (Å²) in [5.74, 6) is -0.810. The summed E-state index contributed by atoms with van der Waals surface area (Å²) in [7, 11) is 1.80. The standard InChI is InChI=1S/C15H11ClFN5OS/c1-22-8-9(7-18-22)6-12(16)14-20-21-15(24-14)13(23)19-11-4-2-10(17)3-5-11/h2-8H,1H3,(H,19,23). The number of carbonyl (C=O) groups is 1. The van der Waals surface area contributed by atoms with Gasteiger partial charge >= 0.3 is 0 Å². The number of aromatic nitrogens is 4. The van der Waals surface area contributed by atoms with Crippen LogP contribution < -0.4 is 5.32 Å². The van der Waals surface area contributed by atoms with Crippen LogP contribution in [0.3, 0.4) is 0 Å². The summed E-state index contributed by atoms with van der Waals surface area (Å²) in [6.07, 6.45) is 5.15. The number of carbonyl (C=O) groups excluding carboxylic acids is 1. The van der Waals surface area contributed by atoms with Crippen LogP contribution in [-0.2, 0) is 7.05 Å². The molecule has 1 aromatic carbocycles. The van der Waals surface area contributed by atoms with E-state index in [1.54, 1.807) is 30.2 Å². The Kier molecular flexibility index (Phi) is 4.68. The Hall–Kier alpha value is -2.58. The fourth-order valence-corrected chi connectivity index (χ4v) is 2.78. The molecule has 24 heavy (non-hydrogen) atoms. The van der Waals surface area contributed by atoms with E-state index in [2.05, 4.69) is 20.6 Å². The molecule has 0 aliphatic carbocycles. The van der Waals surface area contributed by atoms with Crippen molar-refractivity contribution in [2.24, 2.45) is 7.05 Å². The monoisotopic (exact) mass is 363 g/mol. The van der Waals surface area contributed by atoms with Gasteiger partial charge in [-0.1, -0.05) is 22.9 Å². The van der Waals surface area contributed by atoms with Gasteiger partial charge in [0.1, 0.15) is 5.82 Å². The van der Waals surface area contributed by atoms with Crippen LogP contribution in [0, 0.1) is 5.82 Å². The third-order valence-corrected chi connectivity index (χ3v) is 4.30. The van der Waals surface area contributed by atoms with Gasteiger partial charge in [-0.25, -0.2) is 4.39 Å². The van der Waals surface area contributed by atoms with Gasteiger partial charge in [0.15, 0.2) is 5.01 Å². The number of hydrogen-bond donors (Lipinski definition) is 1. The highest BCUT2D eigenvalue weighted by Crippen LogP contribution is 2.25. The molecule has 0 radical (unpaired) electrons. The lowest BCUT2D eigenvalue weighted by Gasteiger charge is -2.01. The summed E-state index contributed by atoms with van der Waals surface area (Å²) in [5, 5.41) is 15.3. The van der Waals surface area contributed by atoms with E-state index in [-0.39, 0.29) is 10.8 Å². The molecule has 0 fully saturated rings. The number of nitrogens with one attached hydrogen (secondary N) is 1. The first kappa shape index (κ1) is 16.3. The second kappa shape index (κ2) is 6.90. The molecule has 3 aromatic rings. The summed E-state index contributed by atoms with van der Waals surface area (Å²) in [4.78, 5) is 12.1. The molecule has 0 atom stereocenters. The maximum absolute atomic E-state index is 12.9. The average Bonchev–Trinajstić information content (AvgIpc) is 3.19. The molecule has 1 N–H and O–H groups in total. The van der Waals surface area contributed by atoms with Crippen LogP contribution in [0.15, 0.2) is 36.7 Å². The van der Waals surface area contributed by atoms with E-state index in [0.717, 1.165) is 16.9 Å². The number of rotatable bonds is 4. The maximum Gasteiger partial charge on any atom is 0.286 e. The zero-order chi connectivity index (χ0) is 17.1. The van der Waals surface area contributed by atoms with Crippen LogP contribution in [0.2, 0.25) is 0 Å². The van der Waals surface area contributed by atoms with Gasteiger partial charge in [-0.3, -0.25) is 9.48 Å². The minimum Gasteiger partial charge on any atom is -0.320 e. The first-order valence-corrected chi connectivity index (χ1v) is 7.97. The number of anilines is 1. The zero-order valence-electron chi connectivity index (χ0n) is 12.4. The number of benzene rings is 1. The fraction of sp³-hybridized carbons (Fsp3) is 0.0667. The second-order valence-electron chi connectivity index (χ2n) is 4.81. The summed E-state index contributed by atoms with van der Waals surface area (Å²) >= 11 is 7.27. The number of nitrogens with zero attached hydrogens (tertiary/aromatic N) is 4. The van der Waals surface area contributed by atoms with E-state index >= 15 is 0 Å². The Balaban J connectivity index is 1.73. The minimum atomic E-state index is -0.434. The van der Waals surface area contributed by atoms with Gasteiger partial charge in [0.25, 0.3) is 5.91 Å². The van der Waals surface area contributed by atoms with Crippen LogP contribution in [0.4, 0.5) is 10.1 Å². The minimum absolute atomic E-state index is 0.159. The van der Waals surface area contributed by atoms with E-state index in [9.17, 15) is 9.18 Å². The molecule has 6 nitrogen and oxygen atoms in total. The SMILES string of the molecule is Cn1cc(C=C(Cl)c2nnc(C(=O)Nc3ccc(F)cc3)s2)cn1. The fourth-order valence-electron chi connectivity index (χ4n) is 1.85. The first-order valence-electron chi connectivity index (χ1n) is 6.78. The maximum atomic E-state index is 12.9. The molecule has 0 aliphatic rings. The van der Waals surface area contributed by atoms with Crippen molar-refractivity contribution in [3.05, 3.63) is 58.1 Å². The van der Waals surface area contributed by atoms with Crippen LogP contribution in [0.25, 0.3) is 11.1 Å². The number of hydrogen-bond acceptors (Lipinski definition) is 5. The van der Waals surface area contributed by atoms with E-state index in [4.69, 9.17) is 11.6 Å². The van der Waals surface area contributed by atoms with Crippen molar-refractivity contribution >= 4 is 45.6 Å². The van der Waals surface area contributed by atoms with Crippen molar-refractivity contribution in [3.8, 4) is 0 Å². The van der Waals surface area contributed by atoms with Crippen molar-refractivity contribution in [3.63, 3.8) is 0 Å². The van der Waals surface area contributed by atoms with Gasteiger partial charge in [-0.15, -0.1) is 10.2 Å². The smallest absolute Gasteiger partial charge is 0.286 e. The predicted octanol–water partition coefficient (Wildman–Crippen LogP) is 3.40. The Morgan fingerprint density at radius 2 is 2.00 bits per heavy atom. The van der Waals surface area contributed by atoms with Gasteiger partial charge in [0, 0.05) is 24.5 Å². The number of aryl methyl sites for hydroxylation is 1. The summed E-state index contributed by atoms with van der Waals surface area (Å²) in [6, 6.07) is 5.44. The van der Waals surface area contributed by atoms with E-state index in [1.807, 2.05) is 0 Å². The lowest BCUT2D eigenvalue weighted by Crippen LogP contribution is -2.11. The highest BCUT2D eigenvalue weighted by Gasteiger charge is 2.15. The molecule has 1 amide bonds. The molecule has 0 aliphatic heterocycles. The molecule has 0 bridgehead atoms. The van der Waals surface area contributed by atoms with Gasteiger partial charge < -0.3 is 5.32 Å². The van der Waals surface area contributed by atoms with E-state index in [0.29, 0.717) is 15.7 Å². The molecular weight excluding hydrogens is 353 g/mol. The topological polar surface area (TPSA) is 72.7 Å². The number of halogens is 2. The largest absolute Gasteiger partial charge is 0.320 e. The highest BCUT2D eigenvalue weighted by atomic mass is 35.5. The normalized spacial score (nSPS) is 11.5. The molecule has 0 saturated heterocycles. The van der Waals surface area contributed by atoms with Crippen molar-refractivity contribution < 1.29 is 9.18 Å². The Morgan fingerprint density at radius 3 is 2.67 bits per heavy atom. The van der Waals surface area contributed by atoms with Gasteiger partial charge in [-0.2, -0.15) is 5.10 Å². The van der Waals surface area contributed by atoms with Crippen LogP contribution in [-0.4, -0.2) is 25.9 Å². The van der Waals surface area contributed by atoms with E-state index < -0.39 is 5.91 Å². The first-order chi connectivity index (χ1) is 11.5. The summed E-state index contributed by atoms with van der Waals surface area (Å²) in [5.41, 5.74) is 1.28. The van der Waals surface area contributed by atoms with Crippen molar-refractivity contribution in [2.75, 3.05) is 5.32 Å². The molecule has 2 aromatic heterocycles. The highest BCUT2D eigenvalue weighted by molar-refractivity contribution is 7.15. The van der Waals surface area contributed by atoms with Crippen molar-refractivity contribution in [1.82, 2.24) is 20.0 Å². The Labute approximate surface area is 145 Å². The third-order valence-electron chi connectivity index (χ3n) is 2.94. The zero-order valence-corrected chi connectivity index (χ0v) is 14.0. The van der Waals surface area contributed by atoms with Crippen LogP contribution >= 0.6 is 22.9 Å². The van der Waals surface area contributed by atoms with Crippen molar-refractivity contribution in [1.29, 1.82) is 0 Å². The van der Waals surface area contributed by atoms with Crippen LogP contribution in [0.5, 0.6) is 0 Å². The molecule has 9 heteroatoms. The van der Waals surface area contributed by atoms with E-state index in [1.165, 1.54) is 24.3 Å². The predicted molar refractivity (Wildman–Crippen MR) is 91.2 cm³/mol. The van der Waals surface area contributed by atoms with Crippen molar-refractivity contribution in [2.45, 2.75) is 0 Å². The Morgan fingerprint density at radius 1 is 1.29 bits per heavy atom. The van der Waals surface area contributed by atoms with Gasteiger partial charge in [-0.05, 0) is 30.3 Å². The van der Waals surface area contributed by atoms with Crippen LogP contribution in [0.1, 0.15) is 20.4 Å². The van der Waals surface area contributed by atoms with Gasteiger partial charge in [0.2, 0.25) is 5.01 Å². The summed E-state index contributed by atoms with van der Waals surface area (Å²) < 4.78 is 14.5. The lowest BCUT2D eigenvalue weighted by atomic mass is 10.3.